The Morgan fingerprint density at radius 3 is 1.96 bits per heavy atom. The minimum Gasteiger partial charge on any atom is -0.369 e. The third-order valence-electron chi connectivity index (χ3n) is 4.89. The van der Waals surface area contributed by atoms with Crippen molar-refractivity contribution in [2.24, 2.45) is 0 Å². The van der Waals surface area contributed by atoms with Crippen LogP contribution in [0.1, 0.15) is 26.7 Å². The van der Waals surface area contributed by atoms with Gasteiger partial charge in [-0.1, -0.05) is 13.8 Å². The first-order valence-electron chi connectivity index (χ1n) is 8.15. The van der Waals surface area contributed by atoms with Gasteiger partial charge < -0.3 is 14.7 Å². The first-order valence-corrected chi connectivity index (χ1v) is 11.2. The van der Waals surface area contributed by atoms with Crippen LogP contribution >= 0.6 is 7.60 Å². The van der Waals surface area contributed by atoms with Crippen molar-refractivity contribution in [2.45, 2.75) is 31.2 Å². The number of nitrogens with zero attached hydrogens (tertiary/aromatic N) is 2. The van der Waals surface area contributed by atoms with Crippen LogP contribution in [-0.2, 0) is 14.6 Å². The highest BCUT2D eigenvalue weighted by Crippen LogP contribution is 2.58. The molecule has 0 amide bonds. The van der Waals surface area contributed by atoms with E-state index in [4.69, 9.17) is 0 Å². The van der Waals surface area contributed by atoms with Crippen LogP contribution in [0.4, 0.5) is 10.1 Å². The smallest absolute Gasteiger partial charge is 0.348 e. The lowest BCUT2D eigenvalue weighted by Crippen LogP contribution is -2.55. The minimum atomic E-state index is -4.86. The lowest BCUT2D eigenvalue weighted by molar-refractivity contribution is 0.325. The quantitative estimate of drug-likeness (QED) is 0.716. The second-order valence-electron chi connectivity index (χ2n) is 6.06. The maximum absolute atomic E-state index is 13.0. The average Bonchev–Trinajstić information content (AvgIpc) is 2.56. The topological polar surface area (TPSA) is 98.1 Å². The monoisotopic (exact) mass is 394 g/mol. The highest BCUT2D eigenvalue weighted by Gasteiger charge is 2.57. The number of benzene rings is 1. The van der Waals surface area contributed by atoms with E-state index in [2.05, 4.69) is 0 Å². The summed E-state index contributed by atoms with van der Waals surface area (Å²) in [6.07, 6.45) is -0.317. The fraction of sp³-hybridized carbons (Fsp3) is 0.600. The molecule has 0 saturated carbocycles. The van der Waals surface area contributed by atoms with Gasteiger partial charge in [-0.25, -0.2) is 12.8 Å². The van der Waals surface area contributed by atoms with Crippen molar-refractivity contribution in [2.75, 3.05) is 31.1 Å². The standard InChI is InChI=1S/C15H24FN2O5PS/c1-3-15(4-2,24(19,20)21)25(22,23)18-11-9-17(10-12-18)14-7-5-13(16)6-8-14/h5-8H,3-4,9-12H2,1-2H3,(H2,19,20,21). The predicted octanol–water partition coefficient (Wildman–Crippen LogP) is 1.97. The number of hydrogen-bond acceptors (Lipinski definition) is 4. The van der Waals surface area contributed by atoms with Gasteiger partial charge in [-0.2, -0.15) is 4.31 Å². The van der Waals surface area contributed by atoms with E-state index in [0.717, 1.165) is 5.69 Å². The fourth-order valence-corrected chi connectivity index (χ4v) is 7.48. The van der Waals surface area contributed by atoms with Crippen LogP contribution in [0.2, 0.25) is 0 Å². The van der Waals surface area contributed by atoms with Gasteiger partial charge in [-0.15, -0.1) is 0 Å². The summed E-state index contributed by atoms with van der Waals surface area (Å²) in [4.78, 5) is 21.3. The summed E-state index contributed by atoms with van der Waals surface area (Å²) in [5, 5.41) is 0. The molecule has 2 N–H and O–H groups in total. The molecule has 142 valence electrons. The average molecular weight is 394 g/mol. The lowest BCUT2D eigenvalue weighted by Gasteiger charge is -2.41. The van der Waals surface area contributed by atoms with Crippen LogP contribution in [0.25, 0.3) is 0 Å². The molecule has 1 saturated heterocycles. The summed E-state index contributed by atoms with van der Waals surface area (Å²) < 4.78 is 50.0. The van der Waals surface area contributed by atoms with E-state index in [1.165, 1.54) is 30.3 Å². The Morgan fingerprint density at radius 2 is 1.56 bits per heavy atom. The highest BCUT2D eigenvalue weighted by molar-refractivity contribution is 7.97. The van der Waals surface area contributed by atoms with E-state index in [1.807, 2.05) is 4.90 Å². The number of anilines is 1. The lowest BCUT2D eigenvalue weighted by atomic mass is 10.2. The van der Waals surface area contributed by atoms with Gasteiger partial charge in [0.25, 0.3) is 0 Å². The molecule has 1 fully saturated rings. The summed E-state index contributed by atoms with van der Waals surface area (Å²) in [6.45, 7) is 3.96. The Balaban J connectivity index is 2.20. The second kappa shape index (κ2) is 7.32. The molecule has 0 atom stereocenters. The first kappa shape index (κ1) is 20.3. The van der Waals surface area contributed by atoms with Crippen molar-refractivity contribution in [1.29, 1.82) is 0 Å². The van der Waals surface area contributed by atoms with Gasteiger partial charge in [-0.3, -0.25) is 4.57 Å². The predicted molar refractivity (Wildman–Crippen MR) is 94.5 cm³/mol. The normalized spacial score (nSPS) is 17.7. The van der Waals surface area contributed by atoms with Crippen molar-refractivity contribution in [3.63, 3.8) is 0 Å². The fourth-order valence-electron chi connectivity index (χ4n) is 3.26. The first-order chi connectivity index (χ1) is 11.6. The summed E-state index contributed by atoms with van der Waals surface area (Å²) in [7, 11) is -9.03. The van der Waals surface area contributed by atoms with E-state index >= 15 is 0 Å². The molecule has 1 aliphatic heterocycles. The Bertz CT molecular complexity index is 738. The Kier molecular flexibility index (Phi) is 5.95. The number of piperazine rings is 1. The Morgan fingerprint density at radius 1 is 1.08 bits per heavy atom. The van der Waals surface area contributed by atoms with Gasteiger partial charge in [0.1, 0.15) is 5.82 Å². The van der Waals surface area contributed by atoms with Crippen LogP contribution in [0.3, 0.4) is 0 Å². The Hall–Kier alpha value is -0.990. The van der Waals surface area contributed by atoms with Crippen LogP contribution in [0, 0.1) is 5.82 Å². The molecule has 0 aliphatic carbocycles. The second-order valence-corrected chi connectivity index (χ2v) is 10.6. The van der Waals surface area contributed by atoms with E-state index < -0.39 is 22.1 Å². The molecular weight excluding hydrogens is 370 g/mol. The molecule has 1 aliphatic rings. The molecule has 10 heteroatoms. The highest BCUT2D eigenvalue weighted by atomic mass is 32.2. The van der Waals surface area contributed by atoms with E-state index in [1.54, 1.807) is 12.1 Å². The van der Waals surface area contributed by atoms with E-state index in [0.29, 0.717) is 13.1 Å². The zero-order valence-electron chi connectivity index (χ0n) is 14.3. The van der Waals surface area contributed by atoms with Crippen LogP contribution in [0.15, 0.2) is 24.3 Å². The zero-order chi connectivity index (χ0) is 18.9. The molecule has 2 rings (SSSR count). The molecule has 0 unspecified atom stereocenters. The van der Waals surface area contributed by atoms with Crippen molar-refractivity contribution in [1.82, 2.24) is 4.31 Å². The molecular formula is C15H24FN2O5PS. The Labute approximate surface area is 147 Å². The van der Waals surface area contributed by atoms with Gasteiger partial charge in [0, 0.05) is 31.9 Å². The van der Waals surface area contributed by atoms with Crippen molar-refractivity contribution in [3.05, 3.63) is 30.1 Å². The van der Waals surface area contributed by atoms with Crippen LogP contribution in [-0.4, -0.2) is 53.2 Å². The molecule has 0 bridgehead atoms. The third kappa shape index (κ3) is 3.61. The van der Waals surface area contributed by atoms with Crippen LogP contribution < -0.4 is 4.90 Å². The minimum absolute atomic E-state index is 0.126. The summed E-state index contributed by atoms with van der Waals surface area (Å²) in [5.41, 5.74) is 0.783. The van der Waals surface area contributed by atoms with Gasteiger partial charge in [0.2, 0.25) is 10.0 Å². The maximum Gasteiger partial charge on any atom is 0.348 e. The van der Waals surface area contributed by atoms with Crippen molar-refractivity contribution in [3.8, 4) is 0 Å². The molecule has 0 aromatic heterocycles. The molecule has 1 aromatic rings. The molecule has 0 radical (unpaired) electrons. The van der Waals surface area contributed by atoms with Gasteiger partial charge >= 0.3 is 7.60 Å². The SMILES string of the molecule is CCC(CC)(P(=O)(O)O)S(=O)(=O)N1CCN(c2ccc(F)cc2)CC1. The summed E-state index contributed by atoms with van der Waals surface area (Å²) in [6, 6.07) is 5.92. The number of halogens is 1. The maximum atomic E-state index is 13.0. The third-order valence-corrected chi connectivity index (χ3v) is 10.6. The number of sulfonamides is 1. The van der Waals surface area contributed by atoms with Gasteiger partial charge in [0.15, 0.2) is 4.49 Å². The molecule has 1 heterocycles. The molecule has 0 spiro atoms. The summed E-state index contributed by atoms with van der Waals surface area (Å²) in [5.74, 6) is -0.345. The van der Waals surface area contributed by atoms with E-state index in [-0.39, 0.29) is 31.7 Å². The largest absolute Gasteiger partial charge is 0.369 e. The van der Waals surface area contributed by atoms with Crippen molar-refractivity contribution >= 4 is 23.3 Å². The van der Waals surface area contributed by atoms with Gasteiger partial charge in [0.05, 0.1) is 0 Å². The molecule has 7 nitrogen and oxygen atoms in total. The van der Waals surface area contributed by atoms with Crippen molar-refractivity contribution < 1.29 is 27.2 Å². The molecule has 25 heavy (non-hydrogen) atoms. The summed E-state index contributed by atoms with van der Waals surface area (Å²) >= 11 is 0. The molecule has 1 aromatic carbocycles. The number of rotatable bonds is 6. The van der Waals surface area contributed by atoms with Crippen LogP contribution in [0.5, 0.6) is 0 Å². The zero-order valence-corrected chi connectivity index (χ0v) is 16.0. The van der Waals surface area contributed by atoms with Gasteiger partial charge in [-0.05, 0) is 37.1 Å². The number of hydrogen-bond donors (Lipinski definition) is 2. The van der Waals surface area contributed by atoms with E-state index in [9.17, 15) is 27.2 Å².